The van der Waals surface area contributed by atoms with E-state index in [1.54, 1.807) is 36.3 Å². The Kier molecular flexibility index (Phi) is 5.39. The molecule has 1 saturated heterocycles. The monoisotopic (exact) mass is 392 g/mol. The molecule has 0 aliphatic carbocycles. The quantitative estimate of drug-likeness (QED) is 0.843. The van der Waals surface area contributed by atoms with E-state index in [2.05, 4.69) is 5.32 Å². The van der Waals surface area contributed by atoms with Gasteiger partial charge in [-0.3, -0.25) is 9.59 Å². The van der Waals surface area contributed by atoms with E-state index >= 15 is 0 Å². The predicted octanol–water partition coefficient (Wildman–Crippen LogP) is 4.30. The number of methoxy groups -OCH3 is 1. The van der Waals surface area contributed by atoms with Crippen LogP contribution in [0.25, 0.3) is 0 Å². The Morgan fingerprint density at radius 3 is 2.65 bits per heavy atom. The van der Waals surface area contributed by atoms with Crippen LogP contribution < -0.4 is 15.0 Å². The fourth-order valence-corrected chi connectivity index (χ4v) is 3.23. The summed E-state index contributed by atoms with van der Waals surface area (Å²) in [5.41, 5.74) is 2.23. The SMILES string of the molecule is COc1ccc(C)cc1NC(=O)C1CC(=O)N(c2ccc(Cl)c(Cl)c2)C1. The lowest BCUT2D eigenvalue weighted by Gasteiger charge is -2.18. The van der Waals surface area contributed by atoms with Crippen molar-refractivity contribution in [1.82, 2.24) is 0 Å². The van der Waals surface area contributed by atoms with Gasteiger partial charge in [0.15, 0.2) is 0 Å². The van der Waals surface area contributed by atoms with Gasteiger partial charge in [0.2, 0.25) is 11.8 Å². The number of nitrogens with zero attached hydrogens (tertiary/aromatic N) is 1. The Balaban J connectivity index is 1.75. The lowest BCUT2D eigenvalue weighted by atomic mass is 10.1. The van der Waals surface area contributed by atoms with Gasteiger partial charge in [-0.2, -0.15) is 0 Å². The molecule has 0 spiro atoms. The average molecular weight is 393 g/mol. The van der Waals surface area contributed by atoms with Crippen LogP contribution in [0.4, 0.5) is 11.4 Å². The van der Waals surface area contributed by atoms with Crippen LogP contribution in [0.5, 0.6) is 5.75 Å². The first kappa shape index (κ1) is 18.5. The number of carbonyl (C=O) groups is 2. The molecule has 7 heteroatoms. The van der Waals surface area contributed by atoms with Crippen LogP contribution in [0.15, 0.2) is 36.4 Å². The Morgan fingerprint density at radius 2 is 1.96 bits per heavy atom. The third-order valence-electron chi connectivity index (χ3n) is 4.32. The zero-order valence-electron chi connectivity index (χ0n) is 14.4. The topological polar surface area (TPSA) is 58.6 Å². The van der Waals surface area contributed by atoms with Gasteiger partial charge in [-0.25, -0.2) is 0 Å². The van der Waals surface area contributed by atoms with Crippen LogP contribution in [0.2, 0.25) is 10.0 Å². The molecule has 2 aromatic carbocycles. The van der Waals surface area contributed by atoms with Gasteiger partial charge in [-0.1, -0.05) is 29.3 Å². The molecular formula is C19H18Cl2N2O3. The number of nitrogens with one attached hydrogen (secondary N) is 1. The first-order chi connectivity index (χ1) is 12.4. The number of hydrogen-bond donors (Lipinski definition) is 1. The van der Waals surface area contributed by atoms with E-state index in [4.69, 9.17) is 27.9 Å². The summed E-state index contributed by atoms with van der Waals surface area (Å²) in [6, 6.07) is 10.5. The van der Waals surface area contributed by atoms with Crippen molar-refractivity contribution < 1.29 is 14.3 Å². The number of ether oxygens (including phenoxy) is 1. The molecule has 0 bridgehead atoms. The summed E-state index contributed by atoms with van der Waals surface area (Å²) in [5.74, 6) is -0.221. The van der Waals surface area contributed by atoms with E-state index in [1.165, 1.54) is 0 Å². The van der Waals surface area contributed by atoms with Crippen molar-refractivity contribution in [3.8, 4) is 5.75 Å². The molecule has 1 aliphatic rings. The van der Waals surface area contributed by atoms with Crippen molar-refractivity contribution in [2.75, 3.05) is 23.9 Å². The van der Waals surface area contributed by atoms with E-state index in [1.807, 2.05) is 19.1 Å². The first-order valence-corrected chi connectivity index (χ1v) is 8.85. The van der Waals surface area contributed by atoms with E-state index in [-0.39, 0.29) is 24.8 Å². The minimum Gasteiger partial charge on any atom is -0.495 e. The van der Waals surface area contributed by atoms with Crippen molar-refractivity contribution in [2.45, 2.75) is 13.3 Å². The average Bonchev–Trinajstić information content (AvgIpc) is 2.99. The summed E-state index contributed by atoms with van der Waals surface area (Å²) in [7, 11) is 1.55. The van der Waals surface area contributed by atoms with Gasteiger partial charge < -0.3 is 15.0 Å². The zero-order valence-corrected chi connectivity index (χ0v) is 15.9. The van der Waals surface area contributed by atoms with Crippen molar-refractivity contribution in [2.24, 2.45) is 5.92 Å². The number of benzene rings is 2. The molecule has 26 heavy (non-hydrogen) atoms. The van der Waals surface area contributed by atoms with Gasteiger partial charge >= 0.3 is 0 Å². The Hall–Kier alpha value is -2.24. The van der Waals surface area contributed by atoms with E-state index in [0.717, 1.165) is 5.56 Å². The van der Waals surface area contributed by atoms with E-state index in [9.17, 15) is 9.59 Å². The zero-order chi connectivity index (χ0) is 18.8. The lowest BCUT2D eigenvalue weighted by molar-refractivity contribution is -0.122. The van der Waals surface area contributed by atoms with Crippen molar-refractivity contribution in [1.29, 1.82) is 0 Å². The van der Waals surface area contributed by atoms with Gasteiger partial charge in [0.25, 0.3) is 0 Å². The lowest BCUT2D eigenvalue weighted by Crippen LogP contribution is -2.28. The number of rotatable bonds is 4. The second-order valence-corrected chi connectivity index (χ2v) is 7.01. The summed E-state index contributed by atoms with van der Waals surface area (Å²) >= 11 is 12.0. The van der Waals surface area contributed by atoms with Crippen LogP contribution in [-0.2, 0) is 9.59 Å². The standard InChI is InChI=1S/C19H18Cl2N2O3/c1-11-3-6-17(26-2)16(7-11)22-19(25)12-8-18(24)23(10-12)13-4-5-14(20)15(21)9-13/h3-7,9,12H,8,10H2,1-2H3,(H,22,25). The predicted molar refractivity (Wildman–Crippen MR) is 103 cm³/mol. The number of halogens is 2. The highest BCUT2D eigenvalue weighted by Gasteiger charge is 2.35. The third kappa shape index (κ3) is 3.79. The van der Waals surface area contributed by atoms with Crippen LogP contribution in [0, 0.1) is 12.8 Å². The second kappa shape index (κ2) is 7.56. The summed E-state index contributed by atoms with van der Waals surface area (Å²) in [6.07, 6.45) is 0.139. The van der Waals surface area contributed by atoms with Crippen molar-refractivity contribution in [3.63, 3.8) is 0 Å². The molecule has 5 nitrogen and oxygen atoms in total. The maximum absolute atomic E-state index is 12.6. The molecule has 2 aromatic rings. The molecule has 1 fully saturated rings. The third-order valence-corrected chi connectivity index (χ3v) is 5.06. The van der Waals surface area contributed by atoms with Gasteiger partial charge in [-0.05, 0) is 42.8 Å². The number of carbonyl (C=O) groups excluding carboxylic acids is 2. The molecule has 0 radical (unpaired) electrons. The fraction of sp³-hybridized carbons (Fsp3) is 0.263. The van der Waals surface area contributed by atoms with Crippen molar-refractivity contribution in [3.05, 3.63) is 52.0 Å². The van der Waals surface area contributed by atoms with Gasteiger partial charge in [-0.15, -0.1) is 0 Å². The van der Waals surface area contributed by atoms with Crippen LogP contribution >= 0.6 is 23.2 Å². The molecule has 1 heterocycles. The molecular weight excluding hydrogens is 375 g/mol. The molecule has 1 atom stereocenters. The van der Waals surface area contributed by atoms with E-state index in [0.29, 0.717) is 27.2 Å². The molecule has 1 N–H and O–H groups in total. The number of amides is 2. The smallest absolute Gasteiger partial charge is 0.229 e. The molecule has 1 unspecified atom stereocenters. The maximum Gasteiger partial charge on any atom is 0.229 e. The van der Waals surface area contributed by atoms with Gasteiger partial charge in [0, 0.05) is 18.7 Å². The Morgan fingerprint density at radius 1 is 1.19 bits per heavy atom. The second-order valence-electron chi connectivity index (χ2n) is 6.20. The van der Waals surface area contributed by atoms with E-state index < -0.39 is 5.92 Å². The minimum atomic E-state index is -0.456. The van der Waals surface area contributed by atoms with Crippen LogP contribution in [0.1, 0.15) is 12.0 Å². The van der Waals surface area contributed by atoms with Gasteiger partial charge in [0.05, 0.1) is 28.8 Å². The molecule has 2 amide bonds. The Bertz CT molecular complexity index is 870. The van der Waals surface area contributed by atoms with Crippen LogP contribution in [0.3, 0.4) is 0 Å². The largest absolute Gasteiger partial charge is 0.495 e. The summed E-state index contributed by atoms with van der Waals surface area (Å²) in [6.45, 7) is 2.22. The highest BCUT2D eigenvalue weighted by molar-refractivity contribution is 6.42. The molecule has 1 aliphatic heterocycles. The number of hydrogen-bond acceptors (Lipinski definition) is 3. The van der Waals surface area contributed by atoms with Crippen molar-refractivity contribution >= 4 is 46.4 Å². The molecule has 136 valence electrons. The number of anilines is 2. The molecule has 0 aromatic heterocycles. The highest BCUT2D eigenvalue weighted by Crippen LogP contribution is 2.32. The Labute approximate surface area is 161 Å². The minimum absolute atomic E-state index is 0.125. The molecule has 3 rings (SSSR count). The van der Waals surface area contributed by atoms with Crippen LogP contribution in [-0.4, -0.2) is 25.5 Å². The fourth-order valence-electron chi connectivity index (χ4n) is 2.94. The summed E-state index contributed by atoms with van der Waals surface area (Å²) in [4.78, 5) is 26.6. The number of aryl methyl sites for hydroxylation is 1. The first-order valence-electron chi connectivity index (χ1n) is 8.10. The molecule has 0 saturated carbocycles. The highest BCUT2D eigenvalue weighted by atomic mass is 35.5. The normalized spacial score (nSPS) is 16.7. The summed E-state index contributed by atoms with van der Waals surface area (Å²) in [5, 5.41) is 3.66. The summed E-state index contributed by atoms with van der Waals surface area (Å²) < 4.78 is 5.28. The maximum atomic E-state index is 12.6. The van der Waals surface area contributed by atoms with Gasteiger partial charge in [0.1, 0.15) is 5.75 Å².